The number of rotatable bonds is 7. The van der Waals surface area contributed by atoms with Gasteiger partial charge in [0.1, 0.15) is 5.75 Å². The monoisotopic (exact) mass is 370 g/mol. The zero-order chi connectivity index (χ0) is 19.4. The number of aromatic nitrogens is 2. The van der Waals surface area contributed by atoms with Crippen LogP contribution < -0.4 is 10.1 Å². The molecule has 0 saturated carbocycles. The second kappa shape index (κ2) is 8.57. The number of carbonyl (C=O) groups excluding carboxylic acids is 1. The van der Waals surface area contributed by atoms with Crippen molar-refractivity contribution in [2.75, 3.05) is 26.7 Å². The van der Waals surface area contributed by atoms with Crippen LogP contribution in [0.4, 0.5) is 0 Å². The Morgan fingerprint density at radius 1 is 1.26 bits per heavy atom. The van der Waals surface area contributed by atoms with Crippen LogP contribution in [0.25, 0.3) is 0 Å². The second-order valence-corrected chi connectivity index (χ2v) is 7.25. The van der Waals surface area contributed by atoms with Crippen LogP contribution in [-0.2, 0) is 18.3 Å². The highest BCUT2D eigenvalue weighted by Gasteiger charge is 2.26. The molecule has 1 fully saturated rings. The molecule has 146 valence electrons. The Kier molecular flexibility index (Phi) is 6.16. The lowest BCUT2D eigenvalue weighted by molar-refractivity contribution is -0.120. The third-order valence-electron chi connectivity index (χ3n) is 5.57. The minimum Gasteiger partial charge on any atom is -0.496 e. The first kappa shape index (κ1) is 19.4. The van der Waals surface area contributed by atoms with Gasteiger partial charge >= 0.3 is 0 Å². The summed E-state index contributed by atoms with van der Waals surface area (Å²) in [6.07, 6.45) is 2.77. The fourth-order valence-corrected chi connectivity index (χ4v) is 3.94. The molecule has 1 amide bonds. The lowest BCUT2D eigenvalue weighted by atomic mass is 10.0. The Morgan fingerprint density at radius 2 is 1.96 bits per heavy atom. The van der Waals surface area contributed by atoms with Gasteiger partial charge in [-0.15, -0.1) is 0 Å². The molecule has 2 aromatic rings. The molecule has 1 aliphatic heterocycles. The average molecular weight is 370 g/mol. The minimum absolute atomic E-state index is 0.0355. The van der Waals surface area contributed by atoms with Gasteiger partial charge < -0.3 is 10.1 Å². The molecule has 27 heavy (non-hydrogen) atoms. The number of ether oxygens (including phenoxy) is 1. The minimum atomic E-state index is 0.0355. The number of nitrogens with zero attached hydrogens (tertiary/aromatic N) is 3. The number of hydrogen-bond donors (Lipinski definition) is 1. The predicted molar refractivity (Wildman–Crippen MR) is 106 cm³/mol. The number of amides is 1. The molecule has 1 saturated heterocycles. The van der Waals surface area contributed by atoms with Crippen molar-refractivity contribution in [3.05, 3.63) is 46.8 Å². The molecule has 2 heterocycles. The molecule has 0 aliphatic carbocycles. The van der Waals surface area contributed by atoms with Crippen LogP contribution >= 0.6 is 0 Å². The Hall–Kier alpha value is -2.34. The molecule has 1 aliphatic rings. The summed E-state index contributed by atoms with van der Waals surface area (Å²) in [5, 5.41) is 7.55. The van der Waals surface area contributed by atoms with Crippen molar-refractivity contribution in [1.29, 1.82) is 0 Å². The number of methoxy groups -OCH3 is 1. The number of likely N-dealkylation sites (tertiary alicyclic amines) is 1. The molecule has 0 spiro atoms. The van der Waals surface area contributed by atoms with E-state index < -0.39 is 0 Å². The molecule has 3 rings (SSSR count). The number of para-hydroxylation sites is 1. The molecule has 1 aromatic heterocycles. The van der Waals surface area contributed by atoms with Crippen LogP contribution in [0.15, 0.2) is 24.3 Å². The molecule has 1 aromatic carbocycles. The third kappa shape index (κ3) is 4.33. The highest BCUT2D eigenvalue weighted by atomic mass is 16.5. The molecular formula is C21H30N4O2. The Balaban J connectivity index is 1.72. The van der Waals surface area contributed by atoms with Crippen LogP contribution in [0.2, 0.25) is 0 Å². The normalized spacial score (nSPS) is 15.7. The van der Waals surface area contributed by atoms with Crippen molar-refractivity contribution in [2.45, 2.75) is 39.2 Å². The third-order valence-corrected chi connectivity index (χ3v) is 5.57. The summed E-state index contributed by atoms with van der Waals surface area (Å²) in [5.41, 5.74) is 4.12. The zero-order valence-electron chi connectivity index (χ0n) is 16.8. The van der Waals surface area contributed by atoms with Crippen molar-refractivity contribution in [3.8, 4) is 5.75 Å². The summed E-state index contributed by atoms with van der Waals surface area (Å²) in [6.45, 7) is 6.65. The summed E-state index contributed by atoms with van der Waals surface area (Å²) in [7, 11) is 3.61. The number of aryl methyl sites for hydroxylation is 2. The summed E-state index contributed by atoms with van der Waals surface area (Å²) in [4.78, 5) is 15.1. The molecule has 1 N–H and O–H groups in total. The molecule has 1 atom stereocenters. The summed E-state index contributed by atoms with van der Waals surface area (Å²) < 4.78 is 7.41. The van der Waals surface area contributed by atoms with Gasteiger partial charge in [-0.05, 0) is 45.8 Å². The SMILES string of the molecule is COc1ccccc1C(CNC(=O)Cc1c(C)nn(C)c1C)N1CCCC1. The largest absolute Gasteiger partial charge is 0.496 e. The summed E-state index contributed by atoms with van der Waals surface area (Å²) in [6, 6.07) is 8.23. The number of nitrogens with one attached hydrogen (secondary N) is 1. The van der Waals surface area contributed by atoms with Gasteiger partial charge in [0.15, 0.2) is 0 Å². The van der Waals surface area contributed by atoms with Crippen LogP contribution in [0, 0.1) is 13.8 Å². The first-order valence-electron chi connectivity index (χ1n) is 9.64. The van der Waals surface area contributed by atoms with E-state index in [9.17, 15) is 4.79 Å². The standard InChI is InChI=1S/C21H30N4O2/c1-15-18(16(2)24(3)23-15)13-21(26)22-14-19(25-11-7-8-12-25)17-9-5-6-10-20(17)27-4/h5-6,9-10,19H,7-8,11-14H2,1-4H3,(H,22,26). The maximum Gasteiger partial charge on any atom is 0.224 e. The first-order valence-corrected chi connectivity index (χ1v) is 9.64. The van der Waals surface area contributed by atoms with Crippen LogP contribution in [0.5, 0.6) is 5.75 Å². The van der Waals surface area contributed by atoms with E-state index in [0.29, 0.717) is 13.0 Å². The van der Waals surface area contributed by atoms with E-state index in [-0.39, 0.29) is 11.9 Å². The van der Waals surface area contributed by atoms with Crippen LogP contribution in [0.3, 0.4) is 0 Å². The molecular weight excluding hydrogens is 340 g/mol. The van der Waals surface area contributed by atoms with Gasteiger partial charge in [-0.3, -0.25) is 14.4 Å². The van der Waals surface area contributed by atoms with Crippen molar-refractivity contribution >= 4 is 5.91 Å². The molecule has 0 bridgehead atoms. The lowest BCUT2D eigenvalue weighted by Crippen LogP contribution is -2.37. The van der Waals surface area contributed by atoms with Gasteiger partial charge in [-0.2, -0.15) is 5.10 Å². The van der Waals surface area contributed by atoms with E-state index in [1.54, 1.807) is 7.11 Å². The Bertz CT molecular complexity index is 793. The molecule has 6 nitrogen and oxygen atoms in total. The Morgan fingerprint density at radius 3 is 2.59 bits per heavy atom. The first-order chi connectivity index (χ1) is 13.0. The van der Waals surface area contributed by atoms with E-state index in [2.05, 4.69) is 21.4 Å². The predicted octanol–water partition coefficient (Wildman–Crippen LogP) is 2.54. The van der Waals surface area contributed by atoms with Crippen molar-refractivity contribution in [2.24, 2.45) is 7.05 Å². The second-order valence-electron chi connectivity index (χ2n) is 7.25. The highest BCUT2D eigenvalue weighted by Crippen LogP contribution is 2.31. The average Bonchev–Trinajstić information content (AvgIpc) is 3.27. The van der Waals surface area contributed by atoms with Gasteiger partial charge in [0.2, 0.25) is 5.91 Å². The van der Waals surface area contributed by atoms with Gasteiger partial charge in [-0.25, -0.2) is 0 Å². The Labute approximate surface area is 161 Å². The maximum absolute atomic E-state index is 12.6. The summed E-state index contributed by atoms with van der Waals surface area (Å²) >= 11 is 0. The number of carbonyl (C=O) groups is 1. The van der Waals surface area contributed by atoms with Gasteiger partial charge in [0, 0.05) is 30.4 Å². The van der Waals surface area contributed by atoms with Crippen LogP contribution in [-0.4, -0.2) is 47.3 Å². The van der Waals surface area contributed by atoms with E-state index in [1.807, 2.05) is 43.8 Å². The van der Waals surface area contributed by atoms with Gasteiger partial charge in [0.05, 0.1) is 25.3 Å². The number of benzene rings is 1. The van der Waals surface area contributed by atoms with Crippen molar-refractivity contribution in [1.82, 2.24) is 20.0 Å². The molecule has 0 radical (unpaired) electrons. The van der Waals surface area contributed by atoms with Gasteiger partial charge in [0.25, 0.3) is 0 Å². The zero-order valence-corrected chi connectivity index (χ0v) is 16.8. The molecule has 1 unspecified atom stereocenters. The fourth-order valence-electron chi connectivity index (χ4n) is 3.94. The van der Waals surface area contributed by atoms with E-state index in [1.165, 1.54) is 12.8 Å². The quantitative estimate of drug-likeness (QED) is 0.814. The maximum atomic E-state index is 12.6. The van der Waals surface area contributed by atoms with Crippen molar-refractivity contribution in [3.63, 3.8) is 0 Å². The number of hydrogen-bond acceptors (Lipinski definition) is 4. The fraction of sp³-hybridized carbons (Fsp3) is 0.524. The van der Waals surface area contributed by atoms with Gasteiger partial charge in [-0.1, -0.05) is 18.2 Å². The lowest BCUT2D eigenvalue weighted by Gasteiger charge is -2.29. The summed E-state index contributed by atoms with van der Waals surface area (Å²) in [5.74, 6) is 0.913. The molecule has 6 heteroatoms. The smallest absolute Gasteiger partial charge is 0.224 e. The van der Waals surface area contributed by atoms with E-state index in [0.717, 1.165) is 41.4 Å². The highest BCUT2D eigenvalue weighted by molar-refractivity contribution is 5.79. The van der Waals surface area contributed by atoms with E-state index in [4.69, 9.17) is 4.74 Å². The van der Waals surface area contributed by atoms with E-state index >= 15 is 0 Å². The van der Waals surface area contributed by atoms with Crippen LogP contribution in [0.1, 0.15) is 41.4 Å². The topological polar surface area (TPSA) is 59.4 Å². The van der Waals surface area contributed by atoms with Crippen molar-refractivity contribution < 1.29 is 9.53 Å².